The molecular formula is C13H13N3O. The summed E-state index contributed by atoms with van der Waals surface area (Å²) in [6, 6.07) is 9.97. The average Bonchev–Trinajstić information content (AvgIpc) is 2.94. The molecule has 0 unspecified atom stereocenters. The van der Waals surface area contributed by atoms with Crippen LogP contribution in [0.5, 0.6) is 0 Å². The van der Waals surface area contributed by atoms with Crippen molar-refractivity contribution in [3.05, 3.63) is 54.6 Å². The molecule has 1 amide bonds. The second-order valence-corrected chi connectivity index (χ2v) is 4.35. The van der Waals surface area contributed by atoms with Crippen molar-refractivity contribution in [1.29, 1.82) is 0 Å². The lowest BCUT2D eigenvalue weighted by molar-refractivity contribution is 0.237. The standard InChI is InChI=1S/C13H13N3O/c17-12(16-9-8-14-10-16)15-13(6-7-13)11-4-2-1-3-5-11/h1-5,8-10H,6-7H2,(H,15,17). The van der Waals surface area contributed by atoms with Crippen LogP contribution in [0, 0.1) is 0 Å². The number of rotatable bonds is 2. The third-order valence-corrected chi connectivity index (χ3v) is 3.16. The highest BCUT2D eigenvalue weighted by Gasteiger charge is 2.45. The zero-order chi connectivity index (χ0) is 11.7. The number of carbonyl (C=O) groups excluding carboxylic acids is 1. The number of carbonyl (C=O) groups is 1. The Hall–Kier alpha value is -2.10. The molecule has 1 saturated carbocycles. The van der Waals surface area contributed by atoms with E-state index in [1.165, 1.54) is 16.5 Å². The normalized spacial score (nSPS) is 16.5. The van der Waals surface area contributed by atoms with E-state index in [9.17, 15) is 4.79 Å². The molecular weight excluding hydrogens is 214 g/mol. The highest BCUT2D eigenvalue weighted by Crippen LogP contribution is 2.45. The molecule has 0 bridgehead atoms. The second-order valence-electron chi connectivity index (χ2n) is 4.35. The molecule has 0 spiro atoms. The van der Waals surface area contributed by atoms with Crippen molar-refractivity contribution in [2.24, 2.45) is 0 Å². The summed E-state index contributed by atoms with van der Waals surface area (Å²) in [4.78, 5) is 15.8. The van der Waals surface area contributed by atoms with E-state index in [-0.39, 0.29) is 11.6 Å². The van der Waals surface area contributed by atoms with Crippen molar-refractivity contribution in [2.45, 2.75) is 18.4 Å². The largest absolute Gasteiger partial charge is 0.328 e. The number of nitrogens with zero attached hydrogens (tertiary/aromatic N) is 2. The van der Waals surface area contributed by atoms with Crippen LogP contribution in [0.1, 0.15) is 18.4 Å². The summed E-state index contributed by atoms with van der Waals surface area (Å²) in [7, 11) is 0. The third-order valence-electron chi connectivity index (χ3n) is 3.16. The summed E-state index contributed by atoms with van der Waals surface area (Å²) in [5, 5.41) is 3.07. The van der Waals surface area contributed by atoms with Crippen molar-refractivity contribution in [3.63, 3.8) is 0 Å². The Balaban J connectivity index is 1.80. The number of aromatic nitrogens is 2. The van der Waals surface area contributed by atoms with E-state index < -0.39 is 0 Å². The highest BCUT2D eigenvalue weighted by atomic mass is 16.2. The Morgan fingerprint density at radius 3 is 2.65 bits per heavy atom. The van der Waals surface area contributed by atoms with Gasteiger partial charge in [-0.15, -0.1) is 0 Å². The number of amides is 1. The van der Waals surface area contributed by atoms with Gasteiger partial charge in [0.05, 0.1) is 5.54 Å². The topological polar surface area (TPSA) is 46.9 Å². The Labute approximate surface area is 99.3 Å². The lowest BCUT2D eigenvalue weighted by Crippen LogP contribution is -2.37. The van der Waals surface area contributed by atoms with Crippen LogP contribution >= 0.6 is 0 Å². The van der Waals surface area contributed by atoms with Gasteiger partial charge in [-0.05, 0) is 18.4 Å². The quantitative estimate of drug-likeness (QED) is 0.854. The number of benzene rings is 1. The Bertz CT molecular complexity index is 515. The third kappa shape index (κ3) is 1.82. The van der Waals surface area contributed by atoms with Gasteiger partial charge in [-0.2, -0.15) is 0 Å². The molecule has 1 aromatic carbocycles. The average molecular weight is 227 g/mol. The molecule has 17 heavy (non-hydrogen) atoms. The van der Waals surface area contributed by atoms with E-state index in [0.717, 1.165) is 12.8 Å². The van der Waals surface area contributed by atoms with Crippen molar-refractivity contribution in [1.82, 2.24) is 14.9 Å². The predicted octanol–water partition coefficient (Wildman–Crippen LogP) is 2.13. The van der Waals surface area contributed by atoms with Crippen LogP contribution in [0.2, 0.25) is 0 Å². The lowest BCUT2D eigenvalue weighted by atomic mass is 10.1. The van der Waals surface area contributed by atoms with Gasteiger partial charge in [0.2, 0.25) is 0 Å². The summed E-state index contributed by atoms with van der Waals surface area (Å²) in [6.07, 6.45) is 6.75. The maximum Gasteiger partial charge on any atom is 0.327 e. The van der Waals surface area contributed by atoms with Gasteiger partial charge >= 0.3 is 6.03 Å². The highest BCUT2D eigenvalue weighted by molar-refractivity contribution is 5.78. The smallest absolute Gasteiger partial charge is 0.327 e. The minimum Gasteiger partial charge on any atom is -0.328 e. The van der Waals surface area contributed by atoms with E-state index in [4.69, 9.17) is 0 Å². The molecule has 1 fully saturated rings. The lowest BCUT2D eigenvalue weighted by Gasteiger charge is -2.17. The number of imidazole rings is 1. The van der Waals surface area contributed by atoms with Gasteiger partial charge in [-0.3, -0.25) is 4.57 Å². The van der Waals surface area contributed by atoms with Gasteiger partial charge < -0.3 is 5.32 Å². The second kappa shape index (κ2) is 3.73. The number of hydrogen-bond donors (Lipinski definition) is 1. The molecule has 0 radical (unpaired) electrons. The SMILES string of the molecule is O=C(NC1(c2ccccc2)CC1)n1ccnc1. The Kier molecular flexibility index (Phi) is 2.21. The fourth-order valence-corrected chi connectivity index (χ4v) is 2.02. The molecule has 0 atom stereocenters. The molecule has 1 N–H and O–H groups in total. The minimum atomic E-state index is -0.164. The van der Waals surface area contributed by atoms with Gasteiger partial charge in [-0.1, -0.05) is 30.3 Å². The van der Waals surface area contributed by atoms with Crippen molar-refractivity contribution in [3.8, 4) is 0 Å². The molecule has 0 saturated heterocycles. The molecule has 1 heterocycles. The van der Waals surface area contributed by atoms with Crippen LogP contribution in [0.25, 0.3) is 0 Å². The first-order valence-electron chi connectivity index (χ1n) is 5.66. The molecule has 86 valence electrons. The summed E-state index contributed by atoms with van der Waals surface area (Å²) in [5.74, 6) is 0. The molecule has 3 rings (SSSR count). The van der Waals surface area contributed by atoms with Gasteiger partial charge in [0.15, 0.2) is 0 Å². The molecule has 2 aromatic rings. The van der Waals surface area contributed by atoms with E-state index in [2.05, 4.69) is 22.4 Å². The molecule has 1 aliphatic rings. The van der Waals surface area contributed by atoms with E-state index in [1.54, 1.807) is 12.4 Å². The van der Waals surface area contributed by atoms with Gasteiger partial charge in [0, 0.05) is 12.4 Å². The van der Waals surface area contributed by atoms with Crippen molar-refractivity contribution in [2.75, 3.05) is 0 Å². The molecule has 4 nitrogen and oxygen atoms in total. The summed E-state index contributed by atoms with van der Waals surface area (Å²) < 4.78 is 1.46. The summed E-state index contributed by atoms with van der Waals surface area (Å²) >= 11 is 0. The fraction of sp³-hybridized carbons (Fsp3) is 0.231. The van der Waals surface area contributed by atoms with Gasteiger partial charge in [-0.25, -0.2) is 9.78 Å². The summed E-state index contributed by atoms with van der Waals surface area (Å²) in [5.41, 5.74) is 1.01. The zero-order valence-electron chi connectivity index (χ0n) is 9.34. The van der Waals surface area contributed by atoms with E-state index in [1.807, 2.05) is 18.2 Å². The first-order chi connectivity index (χ1) is 8.30. The van der Waals surface area contributed by atoms with Crippen LogP contribution in [0.15, 0.2) is 49.1 Å². The first kappa shape index (κ1) is 10.1. The van der Waals surface area contributed by atoms with Crippen LogP contribution in [-0.2, 0) is 5.54 Å². The van der Waals surface area contributed by atoms with E-state index in [0.29, 0.717) is 0 Å². The van der Waals surface area contributed by atoms with Crippen LogP contribution < -0.4 is 5.32 Å². The monoisotopic (exact) mass is 227 g/mol. The van der Waals surface area contributed by atoms with Crippen molar-refractivity contribution < 1.29 is 4.79 Å². The fourth-order valence-electron chi connectivity index (χ4n) is 2.02. The number of nitrogens with one attached hydrogen (secondary N) is 1. The molecule has 1 aliphatic carbocycles. The van der Waals surface area contributed by atoms with Crippen LogP contribution in [0.3, 0.4) is 0 Å². The van der Waals surface area contributed by atoms with Gasteiger partial charge in [0.25, 0.3) is 0 Å². The molecule has 0 aliphatic heterocycles. The van der Waals surface area contributed by atoms with Crippen molar-refractivity contribution >= 4 is 6.03 Å². The maximum atomic E-state index is 11.9. The molecule has 4 heteroatoms. The van der Waals surface area contributed by atoms with Gasteiger partial charge in [0.1, 0.15) is 6.33 Å². The Morgan fingerprint density at radius 2 is 2.06 bits per heavy atom. The predicted molar refractivity (Wildman–Crippen MR) is 63.5 cm³/mol. The van der Waals surface area contributed by atoms with Crippen LogP contribution in [0.4, 0.5) is 4.79 Å². The minimum absolute atomic E-state index is 0.121. The Morgan fingerprint density at radius 1 is 1.29 bits per heavy atom. The van der Waals surface area contributed by atoms with Crippen LogP contribution in [-0.4, -0.2) is 15.6 Å². The zero-order valence-corrected chi connectivity index (χ0v) is 9.34. The number of hydrogen-bond acceptors (Lipinski definition) is 2. The summed E-state index contributed by atoms with van der Waals surface area (Å²) in [6.45, 7) is 0. The van der Waals surface area contributed by atoms with E-state index >= 15 is 0 Å². The maximum absolute atomic E-state index is 11.9. The first-order valence-corrected chi connectivity index (χ1v) is 5.66. The molecule has 1 aromatic heterocycles.